The molecule has 0 amide bonds. The van der Waals surface area contributed by atoms with Crippen molar-refractivity contribution in [1.29, 1.82) is 0 Å². The fourth-order valence-electron chi connectivity index (χ4n) is 1.96. The van der Waals surface area contributed by atoms with Crippen LogP contribution in [0.1, 0.15) is 25.3 Å². The number of rotatable bonds is 5. The van der Waals surface area contributed by atoms with Gasteiger partial charge in [-0.15, -0.1) is 0 Å². The van der Waals surface area contributed by atoms with Crippen LogP contribution in [0.2, 0.25) is 0 Å². The molecule has 5 heteroatoms. The van der Waals surface area contributed by atoms with Crippen LogP contribution < -0.4 is 5.32 Å². The molecule has 1 N–H and O–H groups in total. The Morgan fingerprint density at radius 2 is 2.16 bits per heavy atom. The summed E-state index contributed by atoms with van der Waals surface area (Å²) >= 11 is 0. The molecule has 2 heterocycles. The maximum Gasteiger partial charge on any atom is 0.228 e. The van der Waals surface area contributed by atoms with Crippen LogP contribution in [0.25, 0.3) is 11.5 Å². The molecular formula is C14H20N4O. The highest BCUT2D eigenvalue weighted by atomic mass is 16.5. The van der Waals surface area contributed by atoms with Gasteiger partial charge in [-0.1, -0.05) is 19.0 Å². The van der Waals surface area contributed by atoms with Gasteiger partial charge in [0, 0.05) is 18.7 Å². The number of nitrogens with zero attached hydrogens (tertiary/aromatic N) is 3. The molecule has 0 radical (unpaired) electrons. The van der Waals surface area contributed by atoms with Crippen molar-refractivity contribution >= 4 is 0 Å². The first kappa shape index (κ1) is 13.7. The van der Waals surface area contributed by atoms with Crippen molar-refractivity contribution < 1.29 is 4.52 Å². The fourth-order valence-corrected chi connectivity index (χ4v) is 1.96. The average Bonchev–Trinajstić information content (AvgIpc) is 2.84. The van der Waals surface area contributed by atoms with Crippen LogP contribution in [-0.2, 0) is 6.42 Å². The maximum atomic E-state index is 5.30. The molecular weight excluding hydrogens is 240 g/mol. The smallest absolute Gasteiger partial charge is 0.228 e. The summed E-state index contributed by atoms with van der Waals surface area (Å²) in [5.74, 6) is 1.71. The van der Waals surface area contributed by atoms with Crippen LogP contribution in [-0.4, -0.2) is 28.2 Å². The lowest BCUT2D eigenvalue weighted by Gasteiger charge is -2.17. The van der Waals surface area contributed by atoms with Crippen molar-refractivity contribution in [3.63, 3.8) is 0 Å². The molecule has 0 saturated carbocycles. The topological polar surface area (TPSA) is 63.8 Å². The Labute approximate surface area is 113 Å². The zero-order valence-corrected chi connectivity index (χ0v) is 11.8. The predicted molar refractivity (Wildman–Crippen MR) is 73.7 cm³/mol. The van der Waals surface area contributed by atoms with Crippen molar-refractivity contribution in [2.75, 3.05) is 7.05 Å². The van der Waals surface area contributed by atoms with E-state index in [0.29, 0.717) is 23.7 Å². The molecule has 102 valence electrons. The highest BCUT2D eigenvalue weighted by Gasteiger charge is 2.17. The molecule has 5 nitrogen and oxygen atoms in total. The predicted octanol–water partition coefficient (Wildman–Crippen LogP) is 2.23. The van der Waals surface area contributed by atoms with Gasteiger partial charge in [-0.2, -0.15) is 4.98 Å². The van der Waals surface area contributed by atoms with E-state index in [0.717, 1.165) is 17.7 Å². The first-order valence-electron chi connectivity index (χ1n) is 6.53. The molecule has 19 heavy (non-hydrogen) atoms. The molecule has 0 bridgehead atoms. The van der Waals surface area contributed by atoms with Gasteiger partial charge in [0.2, 0.25) is 11.7 Å². The number of aryl methyl sites for hydroxylation is 1. The van der Waals surface area contributed by atoms with Gasteiger partial charge in [0.1, 0.15) is 5.69 Å². The molecule has 2 rings (SSSR count). The third-order valence-electron chi connectivity index (χ3n) is 3.18. The van der Waals surface area contributed by atoms with Gasteiger partial charge in [0.15, 0.2) is 0 Å². The standard InChI is InChI=1S/C14H20N4O/c1-9(2)11(15-4)8-13-17-14(18-19-13)12-7-10(3)5-6-16-12/h5-7,9,11,15H,8H2,1-4H3. The van der Waals surface area contributed by atoms with Crippen LogP contribution in [0.4, 0.5) is 0 Å². The summed E-state index contributed by atoms with van der Waals surface area (Å²) in [5, 5.41) is 7.26. The van der Waals surface area contributed by atoms with Crippen LogP contribution in [0.15, 0.2) is 22.9 Å². The monoisotopic (exact) mass is 260 g/mol. The molecule has 0 fully saturated rings. The van der Waals surface area contributed by atoms with E-state index in [1.165, 1.54) is 0 Å². The Morgan fingerprint density at radius 1 is 1.37 bits per heavy atom. The zero-order valence-electron chi connectivity index (χ0n) is 11.8. The van der Waals surface area contributed by atoms with Crippen LogP contribution in [0.5, 0.6) is 0 Å². The second-order valence-electron chi connectivity index (χ2n) is 5.07. The van der Waals surface area contributed by atoms with Gasteiger partial charge < -0.3 is 9.84 Å². The minimum absolute atomic E-state index is 0.332. The molecule has 0 saturated heterocycles. The first-order valence-corrected chi connectivity index (χ1v) is 6.53. The Morgan fingerprint density at radius 3 is 2.79 bits per heavy atom. The normalized spacial score (nSPS) is 12.9. The van der Waals surface area contributed by atoms with Crippen molar-refractivity contribution in [2.45, 2.75) is 33.2 Å². The number of hydrogen-bond acceptors (Lipinski definition) is 5. The summed E-state index contributed by atoms with van der Waals surface area (Å²) in [6.07, 6.45) is 2.48. The van der Waals surface area contributed by atoms with E-state index >= 15 is 0 Å². The molecule has 0 aromatic carbocycles. The van der Waals surface area contributed by atoms with E-state index < -0.39 is 0 Å². The Hall–Kier alpha value is -1.75. The number of nitrogens with one attached hydrogen (secondary N) is 1. The van der Waals surface area contributed by atoms with E-state index in [1.54, 1.807) is 6.20 Å². The SMILES string of the molecule is CNC(Cc1nc(-c2cc(C)ccn2)no1)C(C)C. The van der Waals surface area contributed by atoms with Crippen molar-refractivity contribution in [1.82, 2.24) is 20.4 Å². The average molecular weight is 260 g/mol. The minimum atomic E-state index is 0.332. The van der Waals surface area contributed by atoms with Crippen molar-refractivity contribution in [2.24, 2.45) is 5.92 Å². The molecule has 0 aliphatic carbocycles. The number of hydrogen-bond donors (Lipinski definition) is 1. The van der Waals surface area contributed by atoms with Gasteiger partial charge in [0.05, 0.1) is 0 Å². The minimum Gasteiger partial charge on any atom is -0.339 e. The number of aromatic nitrogens is 3. The molecule has 0 spiro atoms. The second-order valence-corrected chi connectivity index (χ2v) is 5.07. The first-order chi connectivity index (χ1) is 9.10. The number of pyridine rings is 1. The lowest BCUT2D eigenvalue weighted by molar-refractivity contribution is 0.335. The summed E-state index contributed by atoms with van der Waals surface area (Å²) in [4.78, 5) is 8.67. The maximum absolute atomic E-state index is 5.30. The molecule has 1 atom stereocenters. The second kappa shape index (κ2) is 5.93. The largest absolute Gasteiger partial charge is 0.339 e. The van der Waals surface area contributed by atoms with Gasteiger partial charge in [0.25, 0.3) is 0 Å². The van der Waals surface area contributed by atoms with Crippen LogP contribution in [0.3, 0.4) is 0 Å². The van der Waals surface area contributed by atoms with E-state index in [2.05, 4.69) is 34.3 Å². The van der Waals surface area contributed by atoms with Gasteiger partial charge in [-0.3, -0.25) is 4.98 Å². The third kappa shape index (κ3) is 3.38. The molecule has 0 aliphatic rings. The molecule has 2 aromatic heterocycles. The lowest BCUT2D eigenvalue weighted by Crippen LogP contribution is -2.32. The Bertz CT molecular complexity index is 536. The van der Waals surface area contributed by atoms with E-state index in [-0.39, 0.29) is 0 Å². The fraction of sp³-hybridized carbons (Fsp3) is 0.500. The van der Waals surface area contributed by atoms with E-state index in [9.17, 15) is 0 Å². The quantitative estimate of drug-likeness (QED) is 0.893. The van der Waals surface area contributed by atoms with Gasteiger partial charge in [-0.05, 0) is 37.6 Å². The van der Waals surface area contributed by atoms with Gasteiger partial charge >= 0.3 is 0 Å². The summed E-state index contributed by atoms with van der Waals surface area (Å²) in [6.45, 7) is 6.35. The Balaban J connectivity index is 2.15. The van der Waals surface area contributed by atoms with Crippen molar-refractivity contribution in [3.05, 3.63) is 29.8 Å². The summed E-state index contributed by atoms with van der Waals surface area (Å²) in [6, 6.07) is 4.23. The third-order valence-corrected chi connectivity index (χ3v) is 3.18. The lowest BCUT2D eigenvalue weighted by atomic mass is 10.0. The zero-order chi connectivity index (χ0) is 13.8. The van der Waals surface area contributed by atoms with E-state index in [1.807, 2.05) is 26.1 Å². The highest BCUT2D eigenvalue weighted by molar-refractivity contribution is 5.48. The Kier molecular flexibility index (Phi) is 4.27. The molecule has 0 aliphatic heterocycles. The number of likely N-dealkylation sites (N-methyl/N-ethyl adjacent to an activating group) is 1. The molecule has 1 unspecified atom stereocenters. The van der Waals surface area contributed by atoms with Crippen LogP contribution >= 0.6 is 0 Å². The summed E-state index contributed by atoms with van der Waals surface area (Å²) in [5.41, 5.74) is 1.88. The summed E-state index contributed by atoms with van der Waals surface area (Å²) in [7, 11) is 1.95. The van der Waals surface area contributed by atoms with Gasteiger partial charge in [-0.25, -0.2) is 0 Å². The summed E-state index contributed by atoms with van der Waals surface area (Å²) < 4.78 is 5.30. The van der Waals surface area contributed by atoms with E-state index in [4.69, 9.17) is 4.52 Å². The molecule has 2 aromatic rings. The highest BCUT2D eigenvalue weighted by Crippen LogP contribution is 2.15. The van der Waals surface area contributed by atoms with Crippen LogP contribution in [0, 0.1) is 12.8 Å². The van der Waals surface area contributed by atoms with Crippen molar-refractivity contribution in [3.8, 4) is 11.5 Å².